The van der Waals surface area contributed by atoms with Gasteiger partial charge in [0.15, 0.2) is 0 Å². The van der Waals surface area contributed by atoms with E-state index in [0.29, 0.717) is 5.92 Å². The molecule has 0 amide bonds. The Balaban J connectivity index is 1.77. The lowest BCUT2D eigenvalue weighted by Crippen LogP contribution is -2.44. The Kier molecular flexibility index (Phi) is 5.13. The van der Waals surface area contributed by atoms with Crippen molar-refractivity contribution in [2.45, 2.75) is 25.3 Å². The van der Waals surface area contributed by atoms with E-state index in [1.165, 1.54) is 0 Å². The zero-order valence-electron chi connectivity index (χ0n) is 13.1. The first kappa shape index (κ1) is 15.8. The molecule has 2 heterocycles. The second-order valence-electron chi connectivity index (χ2n) is 6.08. The lowest BCUT2D eigenvalue weighted by molar-refractivity contribution is -0.117. The van der Waals surface area contributed by atoms with Gasteiger partial charge in [-0.2, -0.15) is 4.99 Å². The molecular formula is C18H21N3O2. The molecule has 2 atom stereocenters. The second-order valence-corrected chi connectivity index (χ2v) is 6.08. The smallest absolute Gasteiger partial charge is 0.239 e. The first-order chi connectivity index (χ1) is 11.3. The Bertz CT molecular complexity index is 622. The summed E-state index contributed by atoms with van der Waals surface area (Å²) < 4.78 is 0. The number of benzene rings is 1. The first-order valence-electron chi connectivity index (χ1n) is 8.12. The third kappa shape index (κ3) is 3.48. The maximum Gasteiger partial charge on any atom is 0.239 e. The summed E-state index contributed by atoms with van der Waals surface area (Å²) in [7, 11) is 0. The van der Waals surface area contributed by atoms with Crippen molar-refractivity contribution in [3.8, 4) is 0 Å². The molecule has 0 bridgehead atoms. The monoisotopic (exact) mass is 311 g/mol. The third-order valence-electron chi connectivity index (χ3n) is 4.76. The molecular weight excluding hydrogens is 290 g/mol. The van der Waals surface area contributed by atoms with Crippen LogP contribution in [0.3, 0.4) is 0 Å². The van der Waals surface area contributed by atoms with Crippen LogP contribution < -0.4 is 0 Å². The quantitative estimate of drug-likeness (QED) is 0.475. The van der Waals surface area contributed by atoms with E-state index in [9.17, 15) is 9.59 Å². The molecule has 0 aromatic heterocycles. The minimum Gasteiger partial charge on any atom is -0.302 e. The molecule has 120 valence electrons. The van der Waals surface area contributed by atoms with Crippen LogP contribution in [0.5, 0.6) is 0 Å². The molecule has 0 saturated carbocycles. The largest absolute Gasteiger partial charge is 0.302 e. The Morgan fingerprint density at radius 2 is 2.04 bits per heavy atom. The van der Waals surface area contributed by atoms with Gasteiger partial charge in [0.1, 0.15) is 6.29 Å². The average Bonchev–Trinajstić information content (AvgIpc) is 3.25. The molecule has 5 heteroatoms. The van der Waals surface area contributed by atoms with Crippen LogP contribution >= 0.6 is 0 Å². The predicted octanol–water partition coefficient (Wildman–Crippen LogP) is 2.26. The SMILES string of the molecule is O=C=N/C=C(/c1ccccc1)C1CCN(N2CCC[C@H]2C=O)C1. The summed E-state index contributed by atoms with van der Waals surface area (Å²) in [4.78, 5) is 25.4. The molecule has 1 unspecified atom stereocenters. The number of nitrogens with zero attached hydrogens (tertiary/aromatic N) is 3. The number of carbonyl (C=O) groups excluding carboxylic acids is 2. The van der Waals surface area contributed by atoms with Crippen LogP contribution in [0.15, 0.2) is 41.5 Å². The molecule has 3 rings (SSSR count). The van der Waals surface area contributed by atoms with Crippen LogP contribution in [-0.2, 0) is 9.59 Å². The van der Waals surface area contributed by atoms with Crippen LogP contribution in [-0.4, -0.2) is 48.1 Å². The normalized spacial score (nSPS) is 26.2. The van der Waals surface area contributed by atoms with Crippen LogP contribution in [0, 0.1) is 5.92 Å². The number of carbonyl (C=O) groups is 1. The van der Waals surface area contributed by atoms with Crippen molar-refractivity contribution in [2.24, 2.45) is 10.9 Å². The Morgan fingerprint density at radius 1 is 1.22 bits per heavy atom. The maximum atomic E-state index is 11.2. The highest BCUT2D eigenvalue weighted by Crippen LogP contribution is 2.33. The lowest BCUT2D eigenvalue weighted by Gasteiger charge is -2.31. The van der Waals surface area contributed by atoms with Gasteiger partial charge in [-0.15, -0.1) is 0 Å². The second kappa shape index (κ2) is 7.47. The van der Waals surface area contributed by atoms with Crippen molar-refractivity contribution in [3.05, 3.63) is 42.1 Å². The van der Waals surface area contributed by atoms with Gasteiger partial charge in [0.25, 0.3) is 0 Å². The molecule has 1 aromatic rings. The van der Waals surface area contributed by atoms with Crippen molar-refractivity contribution in [2.75, 3.05) is 19.6 Å². The molecule has 5 nitrogen and oxygen atoms in total. The number of aliphatic imine (C=N–C) groups is 1. The van der Waals surface area contributed by atoms with Crippen molar-refractivity contribution in [1.29, 1.82) is 0 Å². The minimum absolute atomic E-state index is 0.0194. The van der Waals surface area contributed by atoms with E-state index in [-0.39, 0.29) is 6.04 Å². The summed E-state index contributed by atoms with van der Waals surface area (Å²) >= 11 is 0. The van der Waals surface area contributed by atoms with Gasteiger partial charge >= 0.3 is 0 Å². The van der Waals surface area contributed by atoms with Gasteiger partial charge in [-0.3, -0.25) is 0 Å². The zero-order valence-corrected chi connectivity index (χ0v) is 13.1. The lowest BCUT2D eigenvalue weighted by atomic mass is 9.92. The number of hydrogen-bond acceptors (Lipinski definition) is 5. The third-order valence-corrected chi connectivity index (χ3v) is 4.76. The summed E-state index contributed by atoms with van der Waals surface area (Å²) in [6.07, 6.45) is 7.31. The molecule has 2 aliphatic heterocycles. The summed E-state index contributed by atoms with van der Waals surface area (Å²) in [6.45, 7) is 2.75. The van der Waals surface area contributed by atoms with Crippen LogP contribution in [0.1, 0.15) is 24.8 Å². The standard InChI is InChI=1S/C18H21N3O2/c22-13-17-7-4-9-21(17)20-10-8-16(12-20)18(11-19-14-23)15-5-2-1-3-6-15/h1-3,5-6,11,13,16-17H,4,7-10,12H2/b18-11-/t16?,17-/m0/s1. The molecule has 2 aliphatic rings. The Morgan fingerprint density at radius 3 is 2.78 bits per heavy atom. The minimum atomic E-state index is 0.0194. The number of hydrazine groups is 1. The molecule has 0 N–H and O–H groups in total. The zero-order chi connectivity index (χ0) is 16.1. The molecule has 2 fully saturated rings. The number of hydrogen-bond donors (Lipinski definition) is 0. The topological polar surface area (TPSA) is 53.0 Å². The molecule has 0 aliphatic carbocycles. The van der Waals surface area contributed by atoms with Gasteiger partial charge < -0.3 is 4.79 Å². The van der Waals surface area contributed by atoms with Crippen LogP contribution in [0.25, 0.3) is 5.57 Å². The van der Waals surface area contributed by atoms with Crippen LogP contribution in [0.2, 0.25) is 0 Å². The number of rotatable bonds is 5. The molecule has 2 saturated heterocycles. The van der Waals surface area contributed by atoms with E-state index < -0.39 is 0 Å². The summed E-state index contributed by atoms with van der Waals surface area (Å²) in [5.41, 5.74) is 2.16. The van der Waals surface area contributed by atoms with E-state index in [2.05, 4.69) is 15.0 Å². The van der Waals surface area contributed by atoms with Gasteiger partial charge in [-0.1, -0.05) is 30.3 Å². The van der Waals surface area contributed by atoms with Gasteiger partial charge in [0.2, 0.25) is 6.08 Å². The van der Waals surface area contributed by atoms with E-state index in [4.69, 9.17) is 0 Å². The summed E-state index contributed by atoms with van der Waals surface area (Å²) in [5.74, 6) is 0.308. The fourth-order valence-corrected chi connectivity index (χ4v) is 3.64. The van der Waals surface area contributed by atoms with Crippen molar-refractivity contribution < 1.29 is 9.59 Å². The number of isocyanates is 1. The highest BCUT2D eigenvalue weighted by molar-refractivity contribution is 5.68. The molecule has 1 aromatic carbocycles. The number of aldehydes is 1. The Labute approximate surface area is 136 Å². The molecule has 0 radical (unpaired) electrons. The molecule has 23 heavy (non-hydrogen) atoms. The van der Waals surface area contributed by atoms with E-state index in [0.717, 1.165) is 56.3 Å². The van der Waals surface area contributed by atoms with Gasteiger partial charge in [0.05, 0.1) is 6.04 Å². The van der Waals surface area contributed by atoms with Gasteiger partial charge in [-0.05, 0) is 30.4 Å². The fraction of sp³-hybridized carbons (Fsp3) is 0.444. The summed E-state index contributed by atoms with van der Waals surface area (Å²) in [6, 6.07) is 10.1. The van der Waals surface area contributed by atoms with E-state index in [1.54, 1.807) is 12.3 Å². The highest BCUT2D eigenvalue weighted by Gasteiger charge is 2.35. The predicted molar refractivity (Wildman–Crippen MR) is 88.0 cm³/mol. The highest BCUT2D eigenvalue weighted by atomic mass is 16.1. The Hall–Kier alpha value is -2.07. The van der Waals surface area contributed by atoms with E-state index >= 15 is 0 Å². The van der Waals surface area contributed by atoms with Gasteiger partial charge in [0, 0.05) is 31.8 Å². The fourth-order valence-electron chi connectivity index (χ4n) is 3.64. The maximum absolute atomic E-state index is 11.2. The van der Waals surface area contributed by atoms with Crippen LogP contribution in [0.4, 0.5) is 0 Å². The molecule has 0 spiro atoms. The van der Waals surface area contributed by atoms with Crippen molar-refractivity contribution >= 4 is 17.9 Å². The first-order valence-corrected chi connectivity index (χ1v) is 8.12. The van der Waals surface area contributed by atoms with E-state index in [1.807, 2.05) is 30.3 Å². The van der Waals surface area contributed by atoms with Gasteiger partial charge in [-0.25, -0.2) is 14.8 Å². The average molecular weight is 311 g/mol. The van der Waals surface area contributed by atoms with Crippen molar-refractivity contribution in [3.63, 3.8) is 0 Å². The van der Waals surface area contributed by atoms with Crippen molar-refractivity contribution in [1.82, 2.24) is 10.0 Å². The summed E-state index contributed by atoms with van der Waals surface area (Å²) in [5, 5.41) is 4.50.